The number of hydrogen-bond donors (Lipinski definition) is 3. The van der Waals surface area contributed by atoms with Crippen LogP contribution < -0.4 is 9.64 Å². The van der Waals surface area contributed by atoms with E-state index in [0.29, 0.717) is 28.6 Å². The third-order valence-electron chi connectivity index (χ3n) is 6.23. The van der Waals surface area contributed by atoms with Crippen molar-refractivity contribution < 1.29 is 20.1 Å². The molecule has 5 heteroatoms. The quantitative estimate of drug-likeness (QED) is 0.277. The van der Waals surface area contributed by atoms with E-state index >= 15 is 0 Å². The number of phenolic OH excluding ortho intramolecular Hbond substituents is 3. The summed E-state index contributed by atoms with van der Waals surface area (Å²) in [4.78, 5) is 1.84. The molecule has 0 radical (unpaired) electrons. The first-order valence-corrected chi connectivity index (χ1v) is 11.5. The van der Waals surface area contributed by atoms with Gasteiger partial charge < -0.3 is 20.1 Å². The molecule has 0 saturated carbocycles. The van der Waals surface area contributed by atoms with Crippen molar-refractivity contribution in [2.24, 2.45) is 0 Å². The van der Waals surface area contributed by atoms with Gasteiger partial charge in [-0.1, -0.05) is 24.3 Å². The Hall–Kier alpha value is -4.12. The fourth-order valence-corrected chi connectivity index (χ4v) is 4.57. The molecule has 0 aliphatic carbocycles. The monoisotopic (exact) mass is 469 g/mol. The lowest BCUT2D eigenvalue weighted by Crippen LogP contribution is -2.14. The zero-order chi connectivity index (χ0) is 25.4. The van der Waals surface area contributed by atoms with Gasteiger partial charge in [-0.3, -0.25) is 4.90 Å². The zero-order valence-electron chi connectivity index (χ0n) is 21.0. The van der Waals surface area contributed by atoms with Crippen LogP contribution in [-0.2, 0) is 0 Å². The minimum atomic E-state index is 0.0982. The third-order valence-corrected chi connectivity index (χ3v) is 6.23. The fourth-order valence-electron chi connectivity index (χ4n) is 4.57. The highest BCUT2D eigenvalue weighted by atomic mass is 16.5. The van der Waals surface area contributed by atoms with Crippen LogP contribution in [0.3, 0.4) is 0 Å². The van der Waals surface area contributed by atoms with Gasteiger partial charge >= 0.3 is 0 Å². The van der Waals surface area contributed by atoms with Crippen molar-refractivity contribution in [3.8, 4) is 28.7 Å². The van der Waals surface area contributed by atoms with Crippen LogP contribution in [0, 0.1) is 41.5 Å². The number of benzene rings is 4. The average Bonchev–Trinajstić information content (AvgIpc) is 2.75. The Bertz CT molecular complexity index is 1320. The molecule has 4 aromatic rings. The molecule has 4 aromatic carbocycles. The van der Waals surface area contributed by atoms with Gasteiger partial charge in [0.2, 0.25) is 0 Å². The van der Waals surface area contributed by atoms with E-state index in [-0.39, 0.29) is 17.2 Å². The Kier molecular flexibility index (Phi) is 6.35. The molecule has 0 aliphatic heterocycles. The standard InChI is InChI=1S/C30H31NO4/c1-17-11-20(4)29(25(33)13-17)31(30-21(5)12-18(2)14-26(30)34)24-9-7-8-10-27(24)35-28-16-23(32)15-19(3)22(28)6/h7-16,32-34H,1-6H3. The second-order valence-corrected chi connectivity index (χ2v) is 9.19. The molecule has 0 amide bonds. The molecule has 0 aliphatic rings. The molecule has 0 fully saturated rings. The maximum absolute atomic E-state index is 11.1. The molecule has 35 heavy (non-hydrogen) atoms. The molecular weight excluding hydrogens is 438 g/mol. The number of anilines is 3. The fraction of sp³-hybridized carbons (Fsp3) is 0.200. The van der Waals surface area contributed by atoms with Crippen molar-refractivity contribution in [3.63, 3.8) is 0 Å². The molecule has 0 aromatic heterocycles. The summed E-state index contributed by atoms with van der Waals surface area (Å²) in [5.41, 5.74) is 7.13. The molecule has 0 spiro atoms. The molecule has 0 bridgehead atoms. The van der Waals surface area contributed by atoms with Crippen LogP contribution in [0.15, 0.2) is 60.7 Å². The van der Waals surface area contributed by atoms with Gasteiger partial charge in [-0.25, -0.2) is 0 Å². The molecular formula is C30H31NO4. The van der Waals surface area contributed by atoms with Crippen molar-refractivity contribution in [1.82, 2.24) is 0 Å². The van der Waals surface area contributed by atoms with Crippen LogP contribution in [0.4, 0.5) is 17.1 Å². The Labute approximate surface area is 206 Å². The van der Waals surface area contributed by atoms with Crippen LogP contribution >= 0.6 is 0 Å². The van der Waals surface area contributed by atoms with Gasteiger partial charge in [0.25, 0.3) is 0 Å². The van der Waals surface area contributed by atoms with E-state index in [1.54, 1.807) is 24.3 Å². The van der Waals surface area contributed by atoms with E-state index in [1.807, 2.05) is 82.8 Å². The summed E-state index contributed by atoms with van der Waals surface area (Å²) < 4.78 is 6.37. The molecule has 0 atom stereocenters. The molecule has 180 valence electrons. The Morgan fingerprint density at radius 1 is 0.600 bits per heavy atom. The number of aryl methyl sites for hydroxylation is 5. The van der Waals surface area contributed by atoms with Crippen molar-refractivity contribution in [2.75, 3.05) is 4.90 Å². The van der Waals surface area contributed by atoms with E-state index in [0.717, 1.165) is 33.4 Å². The normalized spacial score (nSPS) is 10.9. The number of hydrogen-bond acceptors (Lipinski definition) is 5. The summed E-state index contributed by atoms with van der Waals surface area (Å²) in [5, 5.41) is 32.4. The third kappa shape index (κ3) is 4.62. The smallest absolute Gasteiger partial charge is 0.151 e. The summed E-state index contributed by atoms with van der Waals surface area (Å²) in [7, 11) is 0. The second kappa shape index (κ2) is 9.26. The lowest BCUT2D eigenvalue weighted by molar-refractivity contribution is 0.452. The van der Waals surface area contributed by atoms with E-state index in [2.05, 4.69) is 0 Å². The number of rotatable bonds is 5. The van der Waals surface area contributed by atoms with E-state index < -0.39 is 0 Å². The van der Waals surface area contributed by atoms with Gasteiger partial charge in [-0.2, -0.15) is 0 Å². The second-order valence-electron chi connectivity index (χ2n) is 9.19. The minimum Gasteiger partial charge on any atom is -0.508 e. The van der Waals surface area contributed by atoms with Gasteiger partial charge in [0.15, 0.2) is 5.75 Å². The van der Waals surface area contributed by atoms with E-state index in [4.69, 9.17) is 4.74 Å². The Balaban J connectivity index is 2.00. The number of ether oxygens (including phenoxy) is 1. The van der Waals surface area contributed by atoms with Crippen LogP contribution in [0.25, 0.3) is 0 Å². The van der Waals surface area contributed by atoms with Gasteiger partial charge in [-0.05, 0) is 105 Å². The summed E-state index contributed by atoms with van der Waals surface area (Å²) in [5.74, 6) is 1.36. The van der Waals surface area contributed by atoms with E-state index in [9.17, 15) is 15.3 Å². The summed E-state index contributed by atoms with van der Waals surface area (Å²) in [6.07, 6.45) is 0. The maximum Gasteiger partial charge on any atom is 0.151 e. The first kappa shape index (κ1) is 24.0. The summed E-state index contributed by atoms with van der Waals surface area (Å²) in [6, 6.07) is 18.2. The lowest BCUT2D eigenvalue weighted by atomic mass is 10.0. The van der Waals surface area contributed by atoms with Crippen molar-refractivity contribution in [2.45, 2.75) is 41.5 Å². The lowest BCUT2D eigenvalue weighted by Gasteiger charge is -2.31. The number of phenols is 3. The van der Waals surface area contributed by atoms with Gasteiger partial charge in [0.1, 0.15) is 23.0 Å². The highest BCUT2D eigenvalue weighted by molar-refractivity contribution is 5.88. The number of aromatic hydroxyl groups is 3. The first-order valence-electron chi connectivity index (χ1n) is 11.5. The van der Waals surface area contributed by atoms with E-state index in [1.165, 1.54) is 0 Å². The van der Waals surface area contributed by atoms with Crippen molar-refractivity contribution >= 4 is 17.1 Å². The molecule has 5 nitrogen and oxygen atoms in total. The van der Waals surface area contributed by atoms with Crippen molar-refractivity contribution in [3.05, 3.63) is 94.0 Å². The highest BCUT2D eigenvalue weighted by Crippen LogP contribution is 2.50. The predicted octanol–water partition coefficient (Wildman–Crippen LogP) is 7.92. The molecule has 0 heterocycles. The summed E-state index contributed by atoms with van der Waals surface area (Å²) >= 11 is 0. The predicted molar refractivity (Wildman–Crippen MR) is 141 cm³/mol. The van der Waals surface area contributed by atoms with Gasteiger partial charge in [0, 0.05) is 6.07 Å². The van der Waals surface area contributed by atoms with Crippen LogP contribution in [0.2, 0.25) is 0 Å². The van der Waals surface area contributed by atoms with Gasteiger partial charge in [0.05, 0.1) is 17.1 Å². The largest absolute Gasteiger partial charge is 0.508 e. The summed E-state index contributed by atoms with van der Waals surface area (Å²) in [6.45, 7) is 11.6. The van der Waals surface area contributed by atoms with Crippen molar-refractivity contribution in [1.29, 1.82) is 0 Å². The van der Waals surface area contributed by atoms with Crippen LogP contribution in [-0.4, -0.2) is 15.3 Å². The maximum atomic E-state index is 11.1. The van der Waals surface area contributed by atoms with Gasteiger partial charge in [-0.15, -0.1) is 0 Å². The highest BCUT2D eigenvalue weighted by Gasteiger charge is 2.26. The van der Waals surface area contributed by atoms with Crippen LogP contribution in [0.1, 0.15) is 33.4 Å². The van der Waals surface area contributed by atoms with Crippen LogP contribution in [0.5, 0.6) is 28.7 Å². The number of para-hydroxylation sites is 2. The zero-order valence-corrected chi connectivity index (χ0v) is 21.0. The SMILES string of the molecule is Cc1cc(C)c(N(c2ccccc2Oc2cc(O)cc(C)c2C)c2c(C)cc(C)cc2O)c(O)c1. The minimum absolute atomic E-state index is 0.0982. The average molecular weight is 470 g/mol. The molecule has 4 rings (SSSR count). The topological polar surface area (TPSA) is 73.2 Å². The Morgan fingerprint density at radius 3 is 1.69 bits per heavy atom. The molecule has 3 N–H and O–H groups in total. The molecule has 0 saturated heterocycles. The first-order chi connectivity index (χ1) is 16.6. The Morgan fingerprint density at radius 2 is 1.14 bits per heavy atom. The number of nitrogens with zero attached hydrogens (tertiary/aromatic N) is 1. The molecule has 0 unspecified atom stereocenters.